The number of anilines is 2. The van der Waals surface area contributed by atoms with Crippen LogP contribution in [0.5, 0.6) is 0 Å². The number of aryl methyl sites for hydroxylation is 1. The summed E-state index contributed by atoms with van der Waals surface area (Å²) in [5.41, 5.74) is 12.0. The molecule has 5 heteroatoms. The maximum Gasteiger partial charge on any atom is 0.192 e. The predicted molar refractivity (Wildman–Crippen MR) is 75.2 cm³/mol. The molecule has 0 aliphatic carbocycles. The van der Waals surface area contributed by atoms with Crippen LogP contribution in [0.15, 0.2) is 48.5 Å². The van der Waals surface area contributed by atoms with E-state index < -0.39 is 0 Å². The van der Waals surface area contributed by atoms with Crippen molar-refractivity contribution in [3.05, 3.63) is 54.1 Å². The average Bonchev–Trinajstić information content (AvgIpc) is 2.42. The zero-order valence-corrected chi connectivity index (χ0v) is 10.9. The molecule has 0 spiro atoms. The van der Waals surface area contributed by atoms with Gasteiger partial charge in [-0.15, -0.1) is 0 Å². The van der Waals surface area contributed by atoms with E-state index in [-0.39, 0.29) is 8.46 Å². The topological polar surface area (TPSA) is 53.2 Å². The van der Waals surface area contributed by atoms with Gasteiger partial charge in [-0.2, -0.15) is 5.53 Å². The molecule has 2 aromatic rings. The molecule has 0 amide bonds. The molecule has 0 fully saturated rings. The van der Waals surface area contributed by atoms with Crippen molar-refractivity contribution in [2.24, 2.45) is 0 Å². The first-order chi connectivity index (χ1) is 8.78. The molecule has 0 saturated heterocycles. The zero-order chi connectivity index (χ0) is 12.8. The van der Waals surface area contributed by atoms with Crippen LogP contribution in [0.3, 0.4) is 0 Å². The van der Waals surface area contributed by atoms with Gasteiger partial charge in [0, 0.05) is 5.30 Å². The quantitative estimate of drug-likeness (QED) is 0.571. The summed E-state index contributed by atoms with van der Waals surface area (Å²) < 4.78 is 10.6. The minimum atomic E-state index is 0.0384. The Kier molecular flexibility index (Phi) is 4.29. The maximum atomic E-state index is 10.6. The molecular weight excluding hydrogens is 245 g/mol. The fourth-order valence-corrected chi connectivity index (χ4v) is 1.69. The highest BCUT2D eigenvalue weighted by molar-refractivity contribution is 7.34. The minimum Gasteiger partial charge on any atom is -0.304 e. The van der Waals surface area contributed by atoms with Crippen molar-refractivity contribution in [1.82, 2.24) is 5.53 Å². The van der Waals surface area contributed by atoms with E-state index in [1.807, 2.05) is 43.3 Å². The lowest BCUT2D eigenvalue weighted by atomic mass is 10.2. The molecule has 0 aliphatic rings. The van der Waals surface area contributed by atoms with Gasteiger partial charge in [0.05, 0.1) is 11.4 Å². The van der Waals surface area contributed by atoms with Crippen molar-refractivity contribution in [3.8, 4) is 0 Å². The fourth-order valence-electron chi connectivity index (χ4n) is 1.42. The molecule has 18 heavy (non-hydrogen) atoms. The summed E-state index contributed by atoms with van der Waals surface area (Å²) in [6.45, 7) is 2.05. The van der Waals surface area contributed by atoms with E-state index >= 15 is 0 Å². The summed E-state index contributed by atoms with van der Waals surface area (Å²) in [6.07, 6.45) is 0. The van der Waals surface area contributed by atoms with Gasteiger partial charge in [-0.3, -0.25) is 4.57 Å². The molecule has 4 nitrogen and oxygen atoms in total. The second-order valence-corrected chi connectivity index (χ2v) is 4.58. The SMILES string of the molecule is Cc1ccc(NNNc2ccc(P=O)cc2)cc1. The lowest BCUT2D eigenvalue weighted by molar-refractivity contribution is 0.603. The molecular formula is C13H14N3OP. The van der Waals surface area contributed by atoms with Gasteiger partial charge in [-0.1, -0.05) is 17.7 Å². The Morgan fingerprint density at radius 1 is 0.833 bits per heavy atom. The number of nitrogens with one attached hydrogen (secondary N) is 3. The monoisotopic (exact) mass is 259 g/mol. The molecule has 0 atom stereocenters. The van der Waals surface area contributed by atoms with Crippen LogP contribution in [-0.4, -0.2) is 0 Å². The van der Waals surface area contributed by atoms with E-state index in [1.165, 1.54) is 5.56 Å². The van der Waals surface area contributed by atoms with Gasteiger partial charge in [0.25, 0.3) is 0 Å². The average molecular weight is 259 g/mol. The summed E-state index contributed by atoms with van der Waals surface area (Å²) in [5, 5.41) is 0.757. The van der Waals surface area contributed by atoms with Crippen LogP contribution in [-0.2, 0) is 4.57 Å². The van der Waals surface area contributed by atoms with Crippen molar-refractivity contribution in [2.45, 2.75) is 6.92 Å². The van der Waals surface area contributed by atoms with Crippen LogP contribution in [0.25, 0.3) is 0 Å². The van der Waals surface area contributed by atoms with Crippen molar-refractivity contribution < 1.29 is 4.57 Å². The van der Waals surface area contributed by atoms with Gasteiger partial charge in [0.2, 0.25) is 0 Å². The normalized spacial score (nSPS) is 10.3. The molecule has 2 aromatic carbocycles. The molecule has 0 bridgehead atoms. The summed E-state index contributed by atoms with van der Waals surface area (Å²) in [6, 6.07) is 15.3. The second-order valence-electron chi connectivity index (χ2n) is 3.88. The van der Waals surface area contributed by atoms with Gasteiger partial charge in [0.1, 0.15) is 0 Å². The summed E-state index contributed by atoms with van der Waals surface area (Å²) in [5.74, 6) is 0. The third-order valence-corrected chi connectivity index (χ3v) is 2.95. The van der Waals surface area contributed by atoms with Crippen molar-refractivity contribution >= 4 is 25.1 Å². The Bertz CT molecular complexity index is 511. The van der Waals surface area contributed by atoms with Gasteiger partial charge < -0.3 is 10.9 Å². The second kappa shape index (κ2) is 6.15. The molecule has 0 radical (unpaired) electrons. The largest absolute Gasteiger partial charge is 0.304 e. The highest BCUT2D eigenvalue weighted by Gasteiger charge is 1.93. The lowest BCUT2D eigenvalue weighted by Gasteiger charge is -2.10. The highest BCUT2D eigenvalue weighted by Crippen LogP contribution is 2.08. The Morgan fingerprint density at radius 2 is 1.33 bits per heavy atom. The van der Waals surface area contributed by atoms with E-state index in [2.05, 4.69) is 16.4 Å². The Balaban J connectivity index is 1.84. The van der Waals surface area contributed by atoms with E-state index in [0.29, 0.717) is 0 Å². The lowest BCUT2D eigenvalue weighted by Crippen LogP contribution is -2.28. The fraction of sp³-hybridized carbons (Fsp3) is 0.0769. The van der Waals surface area contributed by atoms with Gasteiger partial charge in [0.15, 0.2) is 8.46 Å². The molecule has 0 aromatic heterocycles. The van der Waals surface area contributed by atoms with E-state index in [9.17, 15) is 4.57 Å². The van der Waals surface area contributed by atoms with Crippen LogP contribution < -0.4 is 21.7 Å². The van der Waals surface area contributed by atoms with Crippen LogP contribution in [0.4, 0.5) is 11.4 Å². The van der Waals surface area contributed by atoms with Gasteiger partial charge >= 0.3 is 0 Å². The highest BCUT2D eigenvalue weighted by atomic mass is 31.1. The number of benzene rings is 2. The minimum absolute atomic E-state index is 0.0384. The predicted octanol–water partition coefficient (Wildman–Crippen LogP) is 2.86. The number of hydrazine groups is 2. The Labute approximate surface area is 108 Å². The van der Waals surface area contributed by atoms with Crippen LogP contribution >= 0.6 is 8.46 Å². The summed E-state index contributed by atoms with van der Waals surface area (Å²) >= 11 is 0. The molecule has 92 valence electrons. The van der Waals surface area contributed by atoms with Crippen molar-refractivity contribution in [3.63, 3.8) is 0 Å². The molecule has 3 N–H and O–H groups in total. The molecule has 0 aliphatic heterocycles. The van der Waals surface area contributed by atoms with Gasteiger partial charge in [-0.05, 0) is 43.3 Å². The van der Waals surface area contributed by atoms with Crippen molar-refractivity contribution in [2.75, 3.05) is 10.9 Å². The summed E-state index contributed by atoms with van der Waals surface area (Å²) in [7, 11) is 0.0384. The van der Waals surface area contributed by atoms with E-state index in [0.717, 1.165) is 16.7 Å². The molecule has 2 rings (SSSR count). The van der Waals surface area contributed by atoms with E-state index in [4.69, 9.17) is 0 Å². The van der Waals surface area contributed by atoms with E-state index in [1.54, 1.807) is 12.1 Å². The molecule has 0 unspecified atom stereocenters. The zero-order valence-electron chi connectivity index (χ0n) is 9.97. The smallest absolute Gasteiger partial charge is 0.192 e. The molecule has 0 heterocycles. The number of hydrogen-bond acceptors (Lipinski definition) is 4. The first-order valence-electron chi connectivity index (χ1n) is 5.55. The first kappa shape index (κ1) is 12.6. The Morgan fingerprint density at radius 3 is 1.83 bits per heavy atom. The van der Waals surface area contributed by atoms with Gasteiger partial charge in [-0.25, -0.2) is 0 Å². The van der Waals surface area contributed by atoms with Crippen LogP contribution in [0.2, 0.25) is 0 Å². The summed E-state index contributed by atoms with van der Waals surface area (Å²) in [4.78, 5) is 0. The van der Waals surface area contributed by atoms with Crippen LogP contribution in [0.1, 0.15) is 5.56 Å². The third-order valence-electron chi connectivity index (χ3n) is 2.44. The Hall–Kier alpha value is -1.90. The van der Waals surface area contributed by atoms with Crippen LogP contribution in [0, 0.1) is 6.92 Å². The maximum absolute atomic E-state index is 10.6. The first-order valence-corrected chi connectivity index (χ1v) is 6.36. The number of hydrogen-bond donors (Lipinski definition) is 3. The molecule has 0 saturated carbocycles. The number of rotatable bonds is 5. The van der Waals surface area contributed by atoms with Crippen molar-refractivity contribution in [1.29, 1.82) is 0 Å². The standard InChI is InChI=1S/C13H14N3OP/c1-10-2-4-11(5-3-10)14-16-15-12-6-8-13(18-17)9-7-12/h2-9,14-16H,1H3. The third kappa shape index (κ3) is 3.55.